The molecule has 0 aromatic carbocycles. The lowest BCUT2D eigenvalue weighted by molar-refractivity contribution is -0.141. The van der Waals surface area contributed by atoms with Crippen LogP contribution >= 0.6 is 0 Å². The zero-order valence-corrected chi connectivity index (χ0v) is 10.7. The van der Waals surface area contributed by atoms with Crippen molar-refractivity contribution in [3.8, 4) is 0 Å². The van der Waals surface area contributed by atoms with Crippen LogP contribution in [0.1, 0.15) is 41.7 Å². The average molecular weight is 288 g/mol. The normalized spacial score (nSPS) is 15.8. The van der Waals surface area contributed by atoms with Crippen molar-refractivity contribution in [2.24, 2.45) is 5.92 Å². The zero-order chi connectivity index (χ0) is 14.8. The highest BCUT2D eigenvalue weighted by atomic mass is 19.4. The minimum absolute atomic E-state index is 0.216. The molecule has 110 valence electrons. The second kappa shape index (κ2) is 5.68. The highest BCUT2D eigenvalue weighted by molar-refractivity contribution is 5.93. The highest BCUT2D eigenvalue weighted by Crippen LogP contribution is 2.31. The number of halogens is 3. The summed E-state index contributed by atoms with van der Waals surface area (Å²) >= 11 is 0. The summed E-state index contributed by atoms with van der Waals surface area (Å²) in [5.41, 5.74) is -1.33. The summed E-state index contributed by atoms with van der Waals surface area (Å²) in [6.07, 6.45) is -0.321. The zero-order valence-electron chi connectivity index (χ0n) is 10.7. The molecule has 0 amide bonds. The molecule has 1 aromatic heterocycles. The predicted molar refractivity (Wildman–Crippen MR) is 66.6 cm³/mol. The Morgan fingerprint density at radius 1 is 1.40 bits per heavy atom. The van der Waals surface area contributed by atoms with Crippen molar-refractivity contribution in [2.75, 3.05) is 11.9 Å². The van der Waals surface area contributed by atoms with E-state index in [0.717, 1.165) is 25.3 Å². The van der Waals surface area contributed by atoms with Crippen LogP contribution in [0.25, 0.3) is 0 Å². The average Bonchev–Trinajstić information content (AvgIpc) is 2.30. The topological polar surface area (TPSA) is 62.2 Å². The Bertz CT molecular complexity index is 499. The van der Waals surface area contributed by atoms with E-state index in [0.29, 0.717) is 18.5 Å². The molecule has 1 aliphatic carbocycles. The van der Waals surface area contributed by atoms with E-state index in [1.165, 1.54) is 6.42 Å². The standard InChI is InChI=1S/C13H15F3N2O2/c14-13(15,16)10-5-4-9(12(19)20)11(18-10)17-7-6-8-2-1-3-8/h4-5,8H,1-3,6-7H2,(H,17,18)(H,19,20). The summed E-state index contributed by atoms with van der Waals surface area (Å²) in [5, 5.41) is 11.7. The lowest BCUT2D eigenvalue weighted by atomic mass is 9.83. The van der Waals surface area contributed by atoms with Gasteiger partial charge in [0.1, 0.15) is 17.1 Å². The van der Waals surface area contributed by atoms with Gasteiger partial charge in [-0.1, -0.05) is 19.3 Å². The molecule has 0 radical (unpaired) electrons. The minimum Gasteiger partial charge on any atom is -0.478 e. The Kier molecular flexibility index (Phi) is 4.15. The van der Waals surface area contributed by atoms with Gasteiger partial charge in [-0.25, -0.2) is 9.78 Å². The number of nitrogens with zero attached hydrogens (tertiary/aromatic N) is 1. The number of hydrogen-bond acceptors (Lipinski definition) is 3. The molecule has 20 heavy (non-hydrogen) atoms. The van der Waals surface area contributed by atoms with E-state index in [4.69, 9.17) is 5.11 Å². The first kappa shape index (κ1) is 14.6. The second-order valence-corrected chi connectivity index (χ2v) is 4.91. The van der Waals surface area contributed by atoms with Crippen molar-refractivity contribution >= 4 is 11.8 Å². The molecule has 1 aliphatic rings. The van der Waals surface area contributed by atoms with Crippen LogP contribution in [-0.2, 0) is 6.18 Å². The maximum absolute atomic E-state index is 12.6. The van der Waals surface area contributed by atoms with Crippen LogP contribution in [0.15, 0.2) is 12.1 Å². The van der Waals surface area contributed by atoms with Gasteiger partial charge in [-0.05, 0) is 24.5 Å². The third-order valence-electron chi connectivity index (χ3n) is 3.49. The molecule has 0 bridgehead atoms. The van der Waals surface area contributed by atoms with Gasteiger partial charge in [0.25, 0.3) is 0 Å². The van der Waals surface area contributed by atoms with Gasteiger partial charge in [0.05, 0.1) is 0 Å². The number of hydrogen-bond donors (Lipinski definition) is 2. The van der Waals surface area contributed by atoms with E-state index in [-0.39, 0.29) is 11.4 Å². The maximum atomic E-state index is 12.6. The van der Waals surface area contributed by atoms with E-state index in [1.54, 1.807) is 0 Å². The Morgan fingerprint density at radius 2 is 2.10 bits per heavy atom. The summed E-state index contributed by atoms with van der Waals surface area (Å²) in [6, 6.07) is 1.62. The van der Waals surface area contributed by atoms with Crippen LogP contribution in [0.5, 0.6) is 0 Å². The first-order valence-electron chi connectivity index (χ1n) is 6.43. The van der Waals surface area contributed by atoms with E-state index in [2.05, 4.69) is 10.3 Å². The molecule has 0 spiro atoms. The van der Waals surface area contributed by atoms with Gasteiger partial charge in [0, 0.05) is 6.54 Å². The third kappa shape index (κ3) is 3.40. The van der Waals surface area contributed by atoms with Gasteiger partial charge in [-0.3, -0.25) is 0 Å². The number of pyridine rings is 1. The summed E-state index contributed by atoms with van der Waals surface area (Å²) < 4.78 is 37.7. The monoisotopic (exact) mass is 288 g/mol. The van der Waals surface area contributed by atoms with Gasteiger partial charge >= 0.3 is 12.1 Å². The second-order valence-electron chi connectivity index (χ2n) is 4.91. The number of alkyl halides is 3. The molecule has 2 rings (SSSR count). The van der Waals surface area contributed by atoms with Gasteiger partial charge in [-0.2, -0.15) is 13.2 Å². The number of aromatic nitrogens is 1. The number of anilines is 1. The van der Waals surface area contributed by atoms with Gasteiger partial charge in [0.2, 0.25) is 0 Å². The Balaban J connectivity index is 2.11. The van der Waals surface area contributed by atoms with Gasteiger partial charge in [-0.15, -0.1) is 0 Å². The number of carbonyl (C=O) groups is 1. The maximum Gasteiger partial charge on any atom is 0.433 e. The fraction of sp³-hybridized carbons (Fsp3) is 0.538. The van der Waals surface area contributed by atoms with Crippen LogP contribution in [-0.4, -0.2) is 22.6 Å². The summed E-state index contributed by atoms with van der Waals surface area (Å²) in [7, 11) is 0. The predicted octanol–water partition coefficient (Wildman–Crippen LogP) is 3.40. The van der Waals surface area contributed by atoms with Crippen LogP contribution < -0.4 is 5.32 Å². The Morgan fingerprint density at radius 3 is 2.60 bits per heavy atom. The van der Waals surface area contributed by atoms with Gasteiger partial charge in [0.15, 0.2) is 0 Å². The van der Waals surface area contributed by atoms with Crippen LogP contribution in [0.4, 0.5) is 19.0 Å². The fourth-order valence-electron chi connectivity index (χ4n) is 2.10. The SMILES string of the molecule is O=C(O)c1ccc(C(F)(F)F)nc1NCCC1CCC1. The van der Waals surface area contributed by atoms with Crippen molar-refractivity contribution in [1.29, 1.82) is 0 Å². The van der Waals surface area contributed by atoms with Crippen LogP contribution in [0.2, 0.25) is 0 Å². The third-order valence-corrected chi connectivity index (χ3v) is 3.49. The molecule has 0 saturated heterocycles. The van der Waals surface area contributed by atoms with E-state index >= 15 is 0 Å². The summed E-state index contributed by atoms with van der Waals surface area (Å²) in [5.74, 6) is -0.925. The number of aromatic carboxylic acids is 1. The molecule has 4 nitrogen and oxygen atoms in total. The van der Waals surface area contributed by atoms with Crippen molar-refractivity contribution in [1.82, 2.24) is 4.98 Å². The molecule has 2 N–H and O–H groups in total. The highest BCUT2D eigenvalue weighted by Gasteiger charge is 2.33. The molecule has 1 saturated carbocycles. The van der Waals surface area contributed by atoms with E-state index < -0.39 is 17.8 Å². The molecule has 1 aromatic rings. The van der Waals surface area contributed by atoms with E-state index in [1.807, 2.05) is 0 Å². The molecule has 0 aliphatic heterocycles. The van der Waals surface area contributed by atoms with Crippen LogP contribution in [0.3, 0.4) is 0 Å². The van der Waals surface area contributed by atoms with E-state index in [9.17, 15) is 18.0 Å². The Hall–Kier alpha value is -1.79. The molecule has 1 fully saturated rings. The minimum atomic E-state index is -4.58. The summed E-state index contributed by atoms with van der Waals surface area (Å²) in [6.45, 7) is 0.430. The lowest BCUT2D eigenvalue weighted by Gasteiger charge is -2.25. The number of carboxylic acid groups (broad SMARTS) is 1. The Labute approximate surface area is 114 Å². The number of rotatable bonds is 5. The lowest BCUT2D eigenvalue weighted by Crippen LogP contribution is -2.18. The first-order valence-corrected chi connectivity index (χ1v) is 6.43. The van der Waals surface area contributed by atoms with Crippen molar-refractivity contribution in [3.63, 3.8) is 0 Å². The molecule has 1 heterocycles. The first-order chi connectivity index (χ1) is 9.38. The quantitative estimate of drug-likeness (QED) is 0.871. The molecule has 7 heteroatoms. The summed E-state index contributed by atoms with van der Waals surface area (Å²) in [4.78, 5) is 14.4. The molecule has 0 atom stereocenters. The van der Waals surface area contributed by atoms with Crippen LogP contribution in [0, 0.1) is 5.92 Å². The molecule has 0 unspecified atom stereocenters. The number of nitrogens with one attached hydrogen (secondary N) is 1. The largest absolute Gasteiger partial charge is 0.478 e. The molecular weight excluding hydrogens is 273 g/mol. The van der Waals surface area contributed by atoms with Crippen molar-refractivity contribution in [3.05, 3.63) is 23.4 Å². The number of carboxylic acids is 1. The fourth-order valence-corrected chi connectivity index (χ4v) is 2.10. The van der Waals surface area contributed by atoms with Crippen molar-refractivity contribution < 1.29 is 23.1 Å². The smallest absolute Gasteiger partial charge is 0.433 e. The van der Waals surface area contributed by atoms with Crippen molar-refractivity contribution in [2.45, 2.75) is 31.9 Å². The van der Waals surface area contributed by atoms with Gasteiger partial charge < -0.3 is 10.4 Å². The molecular formula is C13H15F3N2O2.